The first-order chi connectivity index (χ1) is 30.2. The number of aromatic nitrogens is 4. The molecule has 2 aromatic heterocycles. The predicted molar refractivity (Wildman–Crippen MR) is 239 cm³/mol. The number of hydrogen-bond acceptors (Lipinski definition) is 6. The van der Waals surface area contributed by atoms with Crippen LogP contribution < -0.4 is 0 Å². The zero-order valence-electron chi connectivity index (χ0n) is 36.0. The average molecular weight is 839 g/mol. The quantitative estimate of drug-likeness (QED) is 0.107. The van der Waals surface area contributed by atoms with E-state index >= 15 is 8.78 Å². The maximum Gasteiger partial charge on any atom is 0.245 e. The van der Waals surface area contributed by atoms with E-state index < -0.39 is 17.7 Å². The predicted octanol–water partition coefficient (Wildman–Crippen LogP) is 9.91. The fourth-order valence-electron chi connectivity index (χ4n) is 9.51. The van der Waals surface area contributed by atoms with Crippen molar-refractivity contribution in [2.45, 2.75) is 77.5 Å². The summed E-state index contributed by atoms with van der Waals surface area (Å²) in [5, 5.41) is 0. The van der Waals surface area contributed by atoms with E-state index in [2.05, 4.69) is 52.4 Å². The van der Waals surface area contributed by atoms with Crippen molar-refractivity contribution in [1.82, 2.24) is 39.5 Å². The van der Waals surface area contributed by atoms with Crippen molar-refractivity contribution in [3.8, 4) is 33.6 Å². The van der Waals surface area contributed by atoms with Gasteiger partial charge in [-0.3, -0.25) is 19.4 Å². The third-order valence-corrected chi connectivity index (χ3v) is 12.8. The number of likely N-dealkylation sites (N-methyl/N-ethyl adjacent to an activating group) is 2. The Morgan fingerprint density at radius 2 is 1.03 bits per heavy atom. The SMILES string of the molecule is CCN(CC)C(C(=O)N1CCC[C@H]1c1ncc(-c2cc(F)c(-c3ccc(-c4cnc([C@@H]5CCCN5C(=O)[C@@H](c5ccccc5)N(CC)CC)[nH]4)cc3)cc2F)[nH]1)c1ccccc1. The molecular weight excluding hydrogens is 783 g/mol. The van der Waals surface area contributed by atoms with Gasteiger partial charge < -0.3 is 19.8 Å². The summed E-state index contributed by atoms with van der Waals surface area (Å²) in [6.45, 7) is 12.5. The molecule has 0 radical (unpaired) electrons. The van der Waals surface area contributed by atoms with Crippen LogP contribution in [-0.4, -0.2) is 90.6 Å². The minimum Gasteiger partial charge on any atom is -0.340 e. The van der Waals surface area contributed by atoms with Gasteiger partial charge >= 0.3 is 0 Å². The van der Waals surface area contributed by atoms with Gasteiger partial charge in [-0.25, -0.2) is 18.7 Å². The lowest BCUT2D eigenvalue weighted by Crippen LogP contribution is -2.43. The van der Waals surface area contributed by atoms with E-state index in [1.807, 2.05) is 82.6 Å². The van der Waals surface area contributed by atoms with Crippen LogP contribution in [0.2, 0.25) is 0 Å². The smallest absolute Gasteiger partial charge is 0.245 e. The van der Waals surface area contributed by atoms with Crippen LogP contribution >= 0.6 is 0 Å². The first-order valence-corrected chi connectivity index (χ1v) is 22.1. The highest BCUT2D eigenvalue weighted by atomic mass is 19.1. The number of H-pyrrole nitrogens is 2. The minimum atomic E-state index is -0.588. The number of imidazole rings is 2. The topological polar surface area (TPSA) is 104 Å². The minimum absolute atomic E-state index is 0.0106. The summed E-state index contributed by atoms with van der Waals surface area (Å²) in [5.74, 6) is 0.221. The van der Waals surface area contributed by atoms with Gasteiger partial charge in [-0.2, -0.15) is 0 Å². The van der Waals surface area contributed by atoms with Gasteiger partial charge in [-0.05, 0) is 86.2 Å². The van der Waals surface area contributed by atoms with Crippen LogP contribution in [0.4, 0.5) is 8.78 Å². The molecule has 2 N–H and O–H groups in total. The highest BCUT2D eigenvalue weighted by molar-refractivity contribution is 5.85. The van der Waals surface area contributed by atoms with Crippen LogP contribution in [0.25, 0.3) is 33.6 Å². The molecule has 4 atom stereocenters. The maximum atomic E-state index is 15.9. The van der Waals surface area contributed by atoms with Gasteiger partial charge in [0.05, 0.1) is 35.9 Å². The molecule has 2 aliphatic rings. The van der Waals surface area contributed by atoms with E-state index in [1.165, 1.54) is 18.3 Å². The van der Waals surface area contributed by atoms with E-state index in [9.17, 15) is 9.59 Å². The molecule has 1 unspecified atom stereocenters. The van der Waals surface area contributed by atoms with Crippen molar-refractivity contribution < 1.29 is 18.4 Å². The van der Waals surface area contributed by atoms with Gasteiger partial charge in [0.15, 0.2) is 0 Å². The van der Waals surface area contributed by atoms with Crippen LogP contribution in [0.5, 0.6) is 0 Å². The molecule has 2 aliphatic heterocycles. The second kappa shape index (κ2) is 19.0. The number of carbonyl (C=O) groups excluding carboxylic acids is 2. The number of carbonyl (C=O) groups is 2. The number of benzene rings is 4. The first-order valence-electron chi connectivity index (χ1n) is 22.1. The molecule has 0 saturated carbocycles. The van der Waals surface area contributed by atoms with Crippen LogP contribution in [-0.2, 0) is 9.59 Å². The Bertz CT molecular complexity index is 2450. The molecule has 2 amide bonds. The van der Waals surface area contributed by atoms with Crippen molar-refractivity contribution in [1.29, 1.82) is 0 Å². The highest BCUT2D eigenvalue weighted by Gasteiger charge is 2.39. The Hall–Kier alpha value is -5.98. The Labute approximate surface area is 363 Å². The molecule has 8 rings (SSSR count). The lowest BCUT2D eigenvalue weighted by molar-refractivity contribution is -0.139. The maximum absolute atomic E-state index is 15.9. The lowest BCUT2D eigenvalue weighted by atomic mass is 10.00. The number of aromatic amines is 2. The molecule has 10 nitrogen and oxygen atoms in total. The molecule has 322 valence electrons. The molecule has 12 heteroatoms. The number of rotatable bonds is 15. The fraction of sp³-hybridized carbons (Fsp3) is 0.360. The zero-order chi connectivity index (χ0) is 43.3. The van der Waals surface area contributed by atoms with E-state index in [1.54, 1.807) is 18.3 Å². The second-order valence-electron chi connectivity index (χ2n) is 16.2. The first kappa shape index (κ1) is 42.7. The largest absolute Gasteiger partial charge is 0.340 e. The molecule has 6 aromatic rings. The van der Waals surface area contributed by atoms with E-state index in [0.717, 1.165) is 80.1 Å². The van der Waals surface area contributed by atoms with Gasteiger partial charge in [0, 0.05) is 24.2 Å². The van der Waals surface area contributed by atoms with Crippen molar-refractivity contribution in [2.24, 2.45) is 0 Å². The second-order valence-corrected chi connectivity index (χ2v) is 16.2. The van der Waals surface area contributed by atoms with Gasteiger partial charge in [0.25, 0.3) is 0 Å². The van der Waals surface area contributed by atoms with Crippen LogP contribution in [0.15, 0.2) is 109 Å². The molecule has 4 aromatic carbocycles. The summed E-state index contributed by atoms with van der Waals surface area (Å²) >= 11 is 0. The summed E-state index contributed by atoms with van der Waals surface area (Å²) in [6.07, 6.45) is 6.52. The number of hydrogen-bond donors (Lipinski definition) is 2. The summed E-state index contributed by atoms with van der Waals surface area (Å²) < 4.78 is 31.9. The molecule has 2 fully saturated rings. The van der Waals surface area contributed by atoms with Crippen LogP contribution in [0, 0.1) is 11.6 Å². The fourth-order valence-corrected chi connectivity index (χ4v) is 9.51. The third-order valence-electron chi connectivity index (χ3n) is 12.8. The lowest BCUT2D eigenvalue weighted by Gasteiger charge is -2.34. The molecular formula is C50H56F2N8O2. The van der Waals surface area contributed by atoms with Gasteiger partial charge in [-0.1, -0.05) is 113 Å². The molecule has 0 aliphatic carbocycles. The molecule has 4 heterocycles. The Kier molecular flexibility index (Phi) is 13.1. The number of nitrogens with zero attached hydrogens (tertiary/aromatic N) is 6. The number of halogens is 2. The van der Waals surface area contributed by atoms with E-state index in [0.29, 0.717) is 30.2 Å². The van der Waals surface area contributed by atoms with Crippen molar-refractivity contribution in [3.63, 3.8) is 0 Å². The molecule has 0 bridgehead atoms. The Morgan fingerprint density at radius 1 is 0.613 bits per heavy atom. The number of nitrogens with one attached hydrogen (secondary N) is 2. The Morgan fingerprint density at radius 3 is 1.52 bits per heavy atom. The zero-order valence-corrected chi connectivity index (χ0v) is 36.0. The monoisotopic (exact) mass is 838 g/mol. The van der Waals surface area contributed by atoms with Crippen molar-refractivity contribution in [2.75, 3.05) is 39.3 Å². The summed E-state index contributed by atoms with van der Waals surface area (Å²) in [5.41, 5.74) is 4.62. The Balaban J connectivity index is 0.973. The highest BCUT2D eigenvalue weighted by Crippen LogP contribution is 2.38. The van der Waals surface area contributed by atoms with Gasteiger partial charge in [-0.15, -0.1) is 0 Å². The van der Waals surface area contributed by atoms with Gasteiger partial charge in [0.2, 0.25) is 11.8 Å². The standard InChI is InChI=1S/C50H56F2N8O2/c1-5-57(6-2)45(35-17-11-9-12-18-35)49(61)59-27-15-21-43(59)47-53-31-41(55-47)34-25-23-33(24-26-34)37-29-40(52)38(30-39(37)51)42-32-54-48(56-42)44-22-16-28-60(44)50(62)46(58(7-3)8-4)36-19-13-10-14-20-36/h9-14,17-20,23-26,29-32,43-46H,5-8,15-16,21-22,27-28H2,1-4H3,(H,53,55)(H,54,56)/t43-,44-,45+,46?/m0/s1. The number of likely N-dealkylation sites (tertiary alicyclic amines) is 2. The normalized spacial score (nSPS) is 17.6. The van der Waals surface area contributed by atoms with E-state index in [-0.39, 0.29) is 41.1 Å². The summed E-state index contributed by atoms with van der Waals surface area (Å²) in [4.78, 5) is 52.7. The third kappa shape index (κ3) is 8.45. The molecule has 62 heavy (non-hydrogen) atoms. The summed E-state index contributed by atoms with van der Waals surface area (Å²) in [7, 11) is 0. The summed E-state index contributed by atoms with van der Waals surface area (Å²) in [6, 6.07) is 28.2. The number of amides is 2. The van der Waals surface area contributed by atoms with Crippen LogP contribution in [0.3, 0.4) is 0 Å². The average Bonchev–Trinajstić information content (AvgIpc) is 4.16. The van der Waals surface area contributed by atoms with Gasteiger partial charge in [0.1, 0.15) is 35.4 Å². The van der Waals surface area contributed by atoms with Crippen LogP contribution in [0.1, 0.15) is 100 Å². The van der Waals surface area contributed by atoms with E-state index in [4.69, 9.17) is 4.98 Å². The van der Waals surface area contributed by atoms with Crippen molar-refractivity contribution >= 4 is 11.8 Å². The molecule has 2 saturated heterocycles. The van der Waals surface area contributed by atoms with Crippen molar-refractivity contribution in [3.05, 3.63) is 144 Å². The molecule has 0 spiro atoms.